The molecule has 1 aromatic carbocycles. The van der Waals surface area contributed by atoms with E-state index in [0.29, 0.717) is 30.9 Å². The Morgan fingerprint density at radius 1 is 1.28 bits per heavy atom. The van der Waals surface area contributed by atoms with E-state index in [2.05, 4.69) is 15.3 Å². The second kappa shape index (κ2) is 8.24. The molecule has 2 fully saturated rings. The number of aromatic nitrogens is 2. The molecule has 152 valence electrons. The quantitative estimate of drug-likeness (QED) is 0.794. The number of hydrogen-bond acceptors (Lipinski definition) is 5. The fraction of sp³-hybridized carbons (Fsp3) is 0.429. The molecular weight excluding hydrogens is 375 g/mol. The van der Waals surface area contributed by atoms with Crippen molar-refractivity contribution in [2.45, 2.75) is 19.4 Å². The summed E-state index contributed by atoms with van der Waals surface area (Å²) in [5.74, 6) is -0.696. The zero-order valence-corrected chi connectivity index (χ0v) is 16.0. The number of nitrogens with zero attached hydrogens (tertiary/aromatic N) is 3. The van der Waals surface area contributed by atoms with Gasteiger partial charge in [-0.1, -0.05) is 18.2 Å². The predicted octanol–water partition coefficient (Wildman–Crippen LogP) is 1.34. The first-order valence-electron chi connectivity index (χ1n) is 9.70. The third-order valence-corrected chi connectivity index (χ3v) is 5.59. The average molecular weight is 398 g/mol. The van der Waals surface area contributed by atoms with E-state index in [-0.39, 0.29) is 49.6 Å². The van der Waals surface area contributed by atoms with Crippen LogP contribution in [0.1, 0.15) is 17.7 Å². The van der Waals surface area contributed by atoms with Gasteiger partial charge in [0.2, 0.25) is 11.8 Å². The van der Waals surface area contributed by atoms with Crippen LogP contribution in [0.4, 0.5) is 4.39 Å². The number of hydrogen-bond donors (Lipinski definition) is 1. The first kappa shape index (κ1) is 19.4. The van der Waals surface area contributed by atoms with Crippen molar-refractivity contribution in [1.29, 1.82) is 0 Å². The summed E-state index contributed by atoms with van der Waals surface area (Å²) in [6, 6.07) is 6.44. The van der Waals surface area contributed by atoms with Crippen LogP contribution in [0, 0.1) is 17.2 Å². The van der Waals surface area contributed by atoms with Gasteiger partial charge in [0.1, 0.15) is 5.82 Å². The Hall–Kier alpha value is -2.87. The Kier molecular flexibility index (Phi) is 5.53. The number of halogens is 1. The minimum atomic E-state index is -0.862. The number of carbonyl (C=O) groups excluding carboxylic acids is 2. The number of carbonyl (C=O) groups is 2. The topological polar surface area (TPSA) is 84.4 Å². The minimum absolute atomic E-state index is 0.00776. The van der Waals surface area contributed by atoms with Gasteiger partial charge in [-0.3, -0.25) is 19.6 Å². The second-order valence-electron chi connectivity index (χ2n) is 7.68. The highest BCUT2D eigenvalue weighted by molar-refractivity contribution is 5.88. The van der Waals surface area contributed by atoms with E-state index >= 15 is 0 Å². The van der Waals surface area contributed by atoms with Gasteiger partial charge >= 0.3 is 0 Å². The number of likely N-dealkylation sites (tertiary alicyclic amines) is 1. The first-order valence-corrected chi connectivity index (χ1v) is 9.70. The molecule has 29 heavy (non-hydrogen) atoms. The van der Waals surface area contributed by atoms with Crippen LogP contribution >= 0.6 is 0 Å². The second-order valence-corrected chi connectivity index (χ2v) is 7.68. The van der Waals surface area contributed by atoms with Gasteiger partial charge in [-0.05, 0) is 24.5 Å². The van der Waals surface area contributed by atoms with E-state index in [0.717, 1.165) is 0 Å². The van der Waals surface area contributed by atoms with Crippen molar-refractivity contribution in [1.82, 2.24) is 20.2 Å². The van der Waals surface area contributed by atoms with Crippen molar-refractivity contribution in [3.8, 4) is 0 Å². The molecule has 0 radical (unpaired) electrons. The standard InChI is InChI=1S/C21H23FN4O3/c22-18-4-2-1-3-15(18)9-21(20(28)25-11-17-10-23-6-7-24-17)13-26(14-21)19(27)16-5-8-29-12-16/h1-4,6-7,10,16H,5,8-9,11-14H2,(H,25,28). The van der Waals surface area contributed by atoms with Gasteiger partial charge in [-0.15, -0.1) is 0 Å². The fourth-order valence-electron chi connectivity index (χ4n) is 3.95. The number of benzene rings is 1. The Balaban J connectivity index is 1.48. The average Bonchev–Trinajstić information content (AvgIpc) is 3.25. The molecule has 8 heteroatoms. The van der Waals surface area contributed by atoms with Crippen molar-refractivity contribution in [2.24, 2.45) is 11.3 Å². The van der Waals surface area contributed by atoms with Gasteiger partial charge in [-0.25, -0.2) is 4.39 Å². The summed E-state index contributed by atoms with van der Waals surface area (Å²) in [4.78, 5) is 35.6. The molecule has 4 rings (SSSR count). The van der Waals surface area contributed by atoms with Crippen molar-refractivity contribution < 1.29 is 18.7 Å². The molecule has 2 aromatic rings. The van der Waals surface area contributed by atoms with Gasteiger partial charge in [0, 0.05) is 32.1 Å². The molecule has 1 N–H and O–H groups in total. The normalized spacial score (nSPS) is 20.2. The predicted molar refractivity (Wildman–Crippen MR) is 102 cm³/mol. The van der Waals surface area contributed by atoms with E-state index in [1.54, 1.807) is 41.7 Å². The highest BCUT2D eigenvalue weighted by Gasteiger charge is 2.52. The summed E-state index contributed by atoms with van der Waals surface area (Å²) in [5.41, 5.74) is 0.246. The highest BCUT2D eigenvalue weighted by atomic mass is 19.1. The Morgan fingerprint density at radius 2 is 2.10 bits per heavy atom. The molecule has 0 saturated carbocycles. The zero-order chi connectivity index (χ0) is 20.3. The van der Waals surface area contributed by atoms with Crippen molar-refractivity contribution in [2.75, 3.05) is 26.3 Å². The first-order chi connectivity index (χ1) is 14.1. The lowest BCUT2D eigenvalue weighted by Gasteiger charge is -2.49. The molecular formula is C21H23FN4O3. The Morgan fingerprint density at radius 3 is 2.79 bits per heavy atom. The maximum atomic E-state index is 14.2. The molecule has 2 aliphatic rings. The molecule has 2 amide bonds. The lowest BCUT2D eigenvalue weighted by molar-refractivity contribution is -0.156. The zero-order valence-electron chi connectivity index (χ0n) is 16.0. The molecule has 0 aliphatic carbocycles. The third-order valence-electron chi connectivity index (χ3n) is 5.59. The van der Waals surface area contributed by atoms with E-state index in [9.17, 15) is 14.0 Å². The van der Waals surface area contributed by atoms with Crippen molar-refractivity contribution in [3.05, 3.63) is 59.9 Å². The van der Waals surface area contributed by atoms with Crippen molar-refractivity contribution >= 4 is 11.8 Å². The largest absolute Gasteiger partial charge is 0.381 e. The summed E-state index contributed by atoms with van der Waals surface area (Å²) in [5, 5.41) is 2.88. The van der Waals surface area contributed by atoms with E-state index in [4.69, 9.17) is 4.74 Å². The SMILES string of the molecule is O=C(C1CCOC1)N1CC(Cc2ccccc2F)(C(=O)NCc2cnccn2)C1. The maximum Gasteiger partial charge on any atom is 0.230 e. The smallest absolute Gasteiger partial charge is 0.230 e. The van der Waals surface area contributed by atoms with Crippen LogP contribution in [0.5, 0.6) is 0 Å². The van der Waals surface area contributed by atoms with Gasteiger partial charge in [0.05, 0.1) is 36.4 Å². The summed E-state index contributed by atoms with van der Waals surface area (Å²) < 4.78 is 19.6. The molecule has 1 unspecified atom stereocenters. The Labute approximate surface area is 168 Å². The highest BCUT2D eigenvalue weighted by Crippen LogP contribution is 2.37. The van der Waals surface area contributed by atoms with Gasteiger partial charge in [0.25, 0.3) is 0 Å². The summed E-state index contributed by atoms with van der Waals surface area (Å²) in [7, 11) is 0. The third kappa shape index (κ3) is 4.12. The number of amides is 2. The molecule has 7 nitrogen and oxygen atoms in total. The minimum Gasteiger partial charge on any atom is -0.381 e. The summed E-state index contributed by atoms with van der Waals surface area (Å²) >= 11 is 0. The lowest BCUT2D eigenvalue weighted by atomic mass is 9.73. The van der Waals surface area contributed by atoms with E-state index in [1.807, 2.05) is 0 Å². The number of nitrogens with one attached hydrogen (secondary N) is 1. The molecule has 0 bridgehead atoms. The van der Waals surface area contributed by atoms with Crippen LogP contribution in [-0.2, 0) is 27.3 Å². The van der Waals surface area contributed by atoms with Crippen LogP contribution in [0.25, 0.3) is 0 Å². The van der Waals surface area contributed by atoms with Crippen LogP contribution in [0.15, 0.2) is 42.9 Å². The van der Waals surface area contributed by atoms with Crippen molar-refractivity contribution in [3.63, 3.8) is 0 Å². The van der Waals surface area contributed by atoms with Gasteiger partial charge in [0.15, 0.2) is 0 Å². The monoisotopic (exact) mass is 398 g/mol. The molecule has 1 aromatic heterocycles. The number of rotatable bonds is 6. The molecule has 1 atom stereocenters. The fourth-order valence-corrected chi connectivity index (χ4v) is 3.95. The van der Waals surface area contributed by atoms with Crippen LogP contribution in [-0.4, -0.2) is 53.0 Å². The number of ether oxygens (including phenoxy) is 1. The van der Waals surface area contributed by atoms with Crippen LogP contribution in [0.2, 0.25) is 0 Å². The maximum absolute atomic E-state index is 14.2. The molecule has 2 aliphatic heterocycles. The molecule has 0 spiro atoms. The lowest BCUT2D eigenvalue weighted by Crippen LogP contribution is -2.66. The summed E-state index contributed by atoms with van der Waals surface area (Å²) in [6.07, 6.45) is 5.64. The van der Waals surface area contributed by atoms with Crippen LogP contribution in [0.3, 0.4) is 0 Å². The van der Waals surface area contributed by atoms with Crippen LogP contribution < -0.4 is 5.32 Å². The van der Waals surface area contributed by atoms with Gasteiger partial charge < -0.3 is 15.0 Å². The van der Waals surface area contributed by atoms with E-state index < -0.39 is 5.41 Å². The van der Waals surface area contributed by atoms with Gasteiger partial charge in [-0.2, -0.15) is 0 Å². The summed E-state index contributed by atoms with van der Waals surface area (Å²) in [6.45, 7) is 1.78. The van der Waals surface area contributed by atoms with E-state index in [1.165, 1.54) is 6.07 Å². The molecule has 2 saturated heterocycles. The Bertz CT molecular complexity index is 881. The molecule has 3 heterocycles.